The molecule has 0 aliphatic rings. The van der Waals surface area contributed by atoms with Gasteiger partial charge in [0.05, 0.1) is 24.0 Å². The summed E-state index contributed by atoms with van der Waals surface area (Å²) < 4.78 is 0. The Labute approximate surface area is 108 Å². The van der Waals surface area contributed by atoms with Crippen LogP contribution in [0, 0.1) is 10.8 Å². The Morgan fingerprint density at radius 3 is 1.33 bits per heavy atom. The summed E-state index contributed by atoms with van der Waals surface area (Å²) in [4.78, 5) is 24.0. The predicted molar refractivity (Wildman–Crippen MR) is 67.8 cm³/mol. The van der Waals surface area contributed by atoms with E-state index in [1.807, 2.05) is 0 Å². The lowest BCUT2D eigenvalue weighted by atomic mass is 9.66. The third-order valence-corrected chi connectivity index (χ3v) is 3.49. The smallest absolute Gasteiger partial charge is 0.226 e. The van der Waals surface area contributed by atoms with Crippen molar-refractivity contribution in [3.8, 4) is 0 Å². The fourth-order valence-electron chi connectivity index (χ4n) is 1.35. The van der Waals surface area contributed by atoms with E-state index in [1.54, 1.807) is 27.7 Å². The maximum absolute atomic E-state index is 12.0. The van der Waals surface area contributed by atoms with Gasteiger partial charge in [0.15, 0.2) is 0 Å². The van der Waals surface area contributed by atoms with Crippen LogP contribution in [-0.4, -0.2) is 48.3 Å². The Kier molecular flexibility index (Phi) is 6.28. The van der Waals surface area contributed by atoms with Gasteiger partial charge >= 0.3 is 0 Å². The van der Waals surface area contributed by atoms with Crippen molar-refractivity contribution in [1.82, 2.24) is 10.6 Å². The highest BCUT2D eigenvalue weighted by Gasteiger charge is 2.47. The van der Waals surface area contributed by atoms with Crippen LogP contribution in [0.5, 0.6) is 0 Å². The van der Waals surface area contributed by atoms with Gasteiger partial charge in [-0.15, -0.1) is 0 Å². The van der Waals surface area contributed by atoms with Crippen LogP contribution in [0.2, 0.25) is 0 Å². The van der Waals surface area contributed by atoms with Gasteiger partial charge < -0.3 is 20.8 Å². The normalized spacial score (nSPS) is 12.1. The maximum Gasteiger partial charge on any atom is 0.226 e. The molecule has 0 aromatic heterocycles. The van der Waals surface area contributed by atoms with Crippen LogP contribution in [0.15, 0.2) is 0 Å². The molecular formula is C12H24N2O4. The molecule has 0 atom stereocenters. The van der Waals surface area contributed by atoms with Crippen molar-refractivity contribution in [2.75, 3.05) is 26.3 Å². The molecule has 0 spiro atoms. The van der Waals surface area contributed by atoms with E-state index in [0.29, 0.717) is 0 Å². The molecule has 0 aromatic rings. The van der Waals surface area contributed by atoms with E-state index in [-0.39, 0.29) is 38.1 Å². The first kappa shape index (κ1) is 16.9. The maximum atomic E-state index is 12.0. The van der Waals surface area contributed by atoms with Gasteiger partial charge in [0.25, 0.3) is 0 Å². The molecule has 0 unspecified atom stereocenters. The molecule has 0 rings (SSSR count). The summed E-state index contributed by atoms with van der Waals surface area (Å²) in [6.45, 7) is 6.76. The molecule has 0 radical (unpaired) electrons. The lowest BCUT2D eigenvalue weighted by Gasteiger charge is -2.38. The molecule has 2 amide bonds. The first-order valence-electron chi connectivity index (χ1n) is 6.00. The molecule has 0 heterocycles. The van der Waals surface area contributed by atoms with Crippen LogP contribution < -0.4 is 10.6 Å². The third kappa shape index (κ3) is 3.68. The van der Waals surface area contributed by atoms with Gasteiger partial charge in [0.1, 0.15) is 0 Å². The van der Waals surface area contributed by atoms with Crippen molar-refractivity contribution in [3.63, 3.8) is 0 Å². The molecule has 0 saturated carbocycles. The third-order valence-electron chi connectivity index (χ3n) is 3.49. The molecule has 0 bridgehead atoms. The standard InChI is InChI=1S/C12H24N2O4/c1-11(2,9(17)13-5-7-15)12(3,4)10(18)14-6-8-16/h15-16H,5-8H2,1-4H3,(H,13,17)(H,14,18). The summed E-state index contributed by atoms with van der Waals surface area (Å²) in [6, 6.07) is 0. The van der Waals surface area contributed by atoms with Gasteiger partial charge in [0.2, 0.25) is 11.8 Å². The summed E-state index contributed by atoms with van der Waals surface area (Å²) in [5.74, 6) is -0.582. The van der Waals surface area contributed by atoms with E-state index < -0.39 is 10.8 Å². The molecule has 6 heteroatoms. The monoisotopic (exact) mass is 260 g/mol. The number of hydrogen-bond donors (Lipinski definition) is 4. The van der Waals surface area contributed by atoms with Crippen molar-refractivity contribution >= 4 is 11.8 Å². The topological polar surface area (TPSA) is 98.7 Å². The number of rotatable bonds is 7. The van der Waals surface area contributed by atoms with E-state index in [9.17, 15) is 9.59 Å². The zero-order valence-corrected chi connectivity index (χ0v) is 11.5. The molecule has 18 heavy (non-hydrogen) atoms. The lowest BCUT2D eigenvalue weighted by Crippen LogP contribution is -2.54. The fourth-order valence-corrected chi connectivity index (χ4v) is 1.35. The molecule has 0 fully saturated rings. The summed E-state index contributed by atoms with van der Waals surface area (Å²) in [7, 11) is 0. The largest absolute Gasteiger partial charge is 0.395 e. The highest BCUT2D eigenvalue weighted by molar-refractivity contribution is 5.92. The number of amides is 2. The van der Waals surface area contributed by atoms with E-state index in [2.05, 4.69) is 10.6 Å². The van der Waals surface area contributed by atoms with Crippen LogP contribution in [0.1, 0.15) is 27.7 Å². The van der Waals surface area contributed by atoms with E-state index in [0.717, 1.165) is 0 Å². The summed E-state index contributed by atoms with van der Waals surface area (Å²) in [5.41, 5.74) is -1.86. The molecule has 0 aliphatic carbocycles. The second-order valence-electron chi connectivity index (χ2n) is 5.21. The van der Waals surface area contributed by atoms with Crippen molar-refractivity contribution in [2.45, 2.75) is 27.7 Å². The number of aliphatic hydroxyl groups is 2. The summed E-state index contributed by atoms with van der Waals surface area (Å²) in [5, 5.41) is 22.5. The van der Waals surface area contributed by atoms with Gasteiger partial charge in [-0.05, 0) is 0 Å². The van der Waals surface area contributed by atoms with Crippen molar-refractivity contribution < 1.29 is 19.8 Å². The van der Waals surface area contributed by atoms with Crippen molar-refractivity contribution in [1.29, 1.82) is 0 Å². The van der Waals surface area contributed by atoms with Crippen molar-refractivity contribution in [2.24, 2.45) is 10.8 Å². The predicted octanol–water partition coefficient (Wildman–Crippen LogP) is -0.744. The molecule has 0 saturated heterocycles. The fraction of sp³-hybridized carbons (Fsp3) is 0.833. The minimum Gasteiger partial charge on any atom is -0.395 e. The van der Waals surface area contributed by atoms with Crippen LogP contribution >= 0.6 is 0 Å². The van der Waals surface area contributed by atoms with E-state index in [1.165, 1.54) is 0 Å². The van der Waals surface area contributed by atoms with Crippen LogP contribution in [0.4, 0.5) is 0 Å². The molecule has 4 N–H and O–H groups in total. The van der Waals surface area contributed by atoms with Gasteiger partial charge in [-0.3, -0.25) is 9.59 Å². The molecule has 0 aliphatic heterocycles. The highest BCUT2D eigenvalue weighted by atomic mass is 16.3. The highest BCUT2D eigenvalue weighted by Crippen LogP contribution is 2.38. The minimum absolute atomic E-state index is 0.140. The quantitative estimate of drug-likeness (QED) is 0.484. The van der Waals surface area contributed by atoms with Gasteiger partial charge in [-0.25, -0.2) is 0 Å². The first-order valence-corrected chi connectivity index (χ1v) is 6.00. The molecular weight excluding hydrogens is 236 g/mol. The number of carbonyl (C=O) groups is 2. The van der Waals surface area contributed by atoms with Gasteiger partial charge in [0, 0.05) is 13.1 Å². The SMILES string of the molecule is CC(C)(C(=O)NCCO)C(C)(C)C(=O)NCCO. The number of aliphatic hydroxyl groups excluding tert-OH is 2. The number of hydrogen-bond acceptors (Lipinski definition) is 4. The number of carbonyl (C=O) groups excluding carboxylic acids is 2. The van der Waals surface area contributed by atoms with Gasteiger partial charge in [-0.2, -0.15) is 0 Å². The summed E-state index contributed by atoms with van der Waals surface area (Å²) in [6.07, 6.45) is 0. The molecule has 106 valence electrons. The molecule has 0 aromatic carbocycles. The minimum atomic E-state index is -0.929. The Morgan fingerprint density at radius 1 is 0.833 bits per heavy atom. The summed E-state index contributed by atoms with van der Waals surface area (Å²) >= 11 is 0. The Hall–Kier alpha value is -1.14. The Balaban J connectivity index is 4.82. The molecule has 6 nitrogen and oxygen atoms in total. The van der Waals surface area contributed by atoms with Crippen LogP contribution in [0.3, 0.4) is 0 Å². The van der Waals surface area contributed by atoms with Gasteiger partial charge in [-0.1, -0.05) is 27.7 Å². The van der Waals surface area contributed by atoms with Crippen molar-refractivity contribution in [3.05, 3.63) is 0 Å². The first-order chi connectivity index (χ1) is 8.21. The average molecular weight is 260 g/mol. The van der Waals surface area contributed by atoms with Crippen LogP contribution in [0.25, 0.3) is 0 Å². The van der Waals surface area contributed by atoms with E-state index in [4.69, 9.17) is 10.2 Å². The second kappa shape index (κ2) is 6.70. The Morgan fingerprint density at radius 2 is 1.11 bits per heavy atom. The van der Waals surface area contributed by atoms with Crippen LogP contribution in [-0.2, 0) is 9.59 Å². The Bertz CT molecular complexity index is 270. The second-order valence-corrected chi connectivity index (χ2v) is 5.21. The van der Waals surface area contributed by atoms with E-state index >= 15 is 0 Å². The lowest BCUT2D eigenvalue weighted by molar-refractivity contribution is -0.147. The zero-order valence-electron chi connectivity index (χ0n) is 11.5. The average Bonchev–Trinajstić information content (AvgIpc) is 2.32. The number of nitrogens with one attached hydrogen (secondary N) is 2. The zero-order chi connectivity index (χ0) is 14.4.